The summed E-state index contributed by atoms with van der Waals surface area (Å²) in [4.78, 5) is 0. The van der Waals surface area contributed by atoms with Crippen LogP contribution in [0.2, 0.25) is 0 Å². The highest BCUT2D eigenvalue weighted by atomic mass is 15.1. The summed E-state index contributed by atoms with van der Waals surface area (Å²) in [7, 11) is 0. The molecule has 0 spiro atoms. The van der Waals surface area contributed by atoms with Gasteiger partial charge in [0.25, 0.3) is 0 Å². The number of aromatic nitrogens is 1. The molecular formula is C51H40N4. The maximum absolute atomic E-state index is 9.17. The van der Waals surface area contributed by atoms with Crippen LogP contribution in [0.1, 0.15) is 22.9 Å². The third-order valence-corrected chi connectivity index (χ3v) is 10.5. The number of fused-ring (bicyclic) bond motifs is 9. The Bertz CT molecular complexity index is 2980. The number of para-hydroxylation sites is 2. The summed E-state index contributed by atoms with van der Waals surface area (Å²) in [5.74, 6) is 0.304. The first kappa shape index (κ1) is 33.8. The van der Waals surface area contributed by atoms with Crippen molar-refractivity contribution in [2.45, 2.75) is 13.1 Å². The summed E-state index contributed by atoms with van der Waals surface area (Å²) < 4.78 is 2.35. The van der Waals surface area contributed by atoms with Crippen molar-refractivity contribution in [2.24, 2.45) is 5.73 Å². The normalized spacial score (nSPS) is 11.8. The first-order chi connectivity index (χ1) is 27.0. The number of rotatable bonds is 5. The summed E-state index contributed by atoms with van der Waals surface area (Å²) in [5.41, 5.74) is 15.5. The highest BCUT2D eigenvalue weighted by molar-refractivity contribution is 6.30. The summed E-state index contributed by atoms with van der Waals surface area (Å²) in [6, 6.07) is 67.7. The van der Waals surface area contributed by atoms with Gasteiger partial charge in [-0.25, -0.2) is 0 Å². The summed E-state index contributed by atoms with van der Waals surface area (Å²) in [6.45, 7) is 2.08. The molecule has 0 bridgehead atoms. The van der Waals surface area contributed by atoms with Crippen molar-refractivity contribution in [1.29, 1.82) is 5.41 Å². The molecule has 4 nitrogen and oxygen atoms in total. The van der Waals surface area contributed by atoms with E-state index >= 15 is 0 Å². The molecule has 1 atom stereocenters. The lowest BCUT2D eigenvalue weighted by Gasteiger charge is -2.19. The quantitative estimate of drug-likeness (QED) is 0.0721. The minimum Gasteiger partial charge on any atom is -0.351 e. The molecule has 0 aliphatic heterocycles. The lowest BCUT2D eigenvalue weighted by atomic mass is 9.89. The number of nitrogens with zero attached hydrogens (tertiary/aromatic N) is 1. The van der Waals surface area contributed by atoms with E-state index in [-0.39, 0.29) is 0 Å². The van der Waals surface area contributed by atoms with Crippen molar-refractivity contribution < 1.29 is 0 Å². The second-order valence-corrected chi connectivity index (χ2v) is 14.0. The van der Waals surface area contributed by atoms with E-state index in [1.807, 2.05) is 60.7 Å². The van der Waals surface area contributed by atoms with Crippen LogP contribution in [0.25, 0.3) is 70.9 Å². The number of nitrogens with two attached hydrogens (primary N) is 1. The minimum absolute atomic E-state index is 0.304. The SMILES string of the molecule is Cc1ccccc1.N=C(NC(N)c1ccccc1)c1cccc2c3ccccc3c3cc(-c4ccc5c(c4)c4ccccc4n5-c4ccccc4)ccc3c12. The lowest BCUT2D eigenvalue weighted by molar-refractivity contribution is 0.680. The smallest absolute Gasteiger partial charge is 0.127 e. The zero-order valence-corrected chi connectivity index (χ0v) is 30.6. The first-order valence-corrected chi connectivity index (χ1v) is 18.7. The molecular weight excluding hydrogens is 669 g/mol. The van der Waals surface area contributed by atoms with Crippen LogP contribution in [-0.4, -0.2) is 10.4 Å². The molecule has 1 heterocycles. The summed E-state index contributed by atoms with van der Waals surface area (Å²) in [6.07, 6.45) is -0.491. The van der Waals surface area contributed by atoms with Gasteiger partial charge < -0.3 is 15.6 Å². The van der Waals surface area contributed by atoms with Gasteiger partial charge in [-0.15, -0.1) is 0 Å². The second-order valence-electron chi connectivity index (χ2n) is 14.0. The van der Waals surface area contributed by atoms with E-state index < -0.39 is 6.17 Å². The van der Waals surface area contributed by atoms with Gasteiger partial charge >= 0.3 is 0 Å². The van der Waals surface area contributed by atoms with E-state index in [0.717, 1.165) is 43.9 Å². The molecule has 0 radical (unpaired) electrons. The average Bonchev–Trinajstić information content (AvgIpc) is 3.58. The largest absolute Gasteiger partial charge is 0.351 e. The molecule has 0 fully saturated rings. The van der Waals surface area contributed by atoms with E-state index in [2.05, 4.69) is 150 Å². The molecule has 4 N–H and O–H groups in total. The van der Waals surface area contributed by atoms with Gasteiger partial charge in [0.1, 0.15) is 12.0 Å². The first-order valence-electron chi connectivity index (χ1n) is 18.7. The Balaban J connectivity index is 0.000000513. The van der Waals surface area contributed by atoms with E-state index in [4.69, 9.17) is 11.1 Å². The molecule has 1 unspecified atom stereocenters. The number of nitrogens with one attached hydrogen (secondary N) is 2. The topological polar surface area (TPSA) is 66.8 Å². The van der Waals surface area contributed by atoms with Gasteiger partial charge in [0, 0.05) is 27.4 Å². The molecule has 9 aromatic carbocycles. The predicted molar refractivity (Wildman–Crippen MR) is 233 cm³/mol. The van der Waals surface area contributed by atoms with Gasteiger partial charge in [-0.3, -0.25) is 5.41 Å². The number of amidine groups is 1. The molecule has 0 amide bonds. The van der Waals surface area contributed by atoms with Gasteiger partial charge in [-0.1, -0.05) is 163 Å². The highest BCUT2D eigenvalue weighted by Crippen LogP contribution is 2.40. The van der Waals surface area contributed by atoms with Crippen molar-refractivity contribution in [3.8, 4) is 16.8 Å². The molecule has 0 saturated carbocycles. The van der Waals surface area contributed by atoms with Crippen molar-refractivity contribution in [3.05, 3.63) is 211 Å². The molecule has 264 valence electrons. The molecule has 10 rings (SSSR count). The fraction of sp³-hybridized carbons (Fsp3) is 0.0392. The van der Waals surface area contributed by atoms with E-state index in [9.17, 15) is 0 Å². The van der Waals surface area contributed by atoms with Crippen LogP contribution >= 0.6 is 0 Å². The monoisotopic (exact) mass is 708 g/mol. The standard InChI is InChI=1S/C44H32N4.C7H8/c45-43(28-12-3-1-4-13-28)47-44(46)37-20-11-19-35-32-16-7-8-17-33(32)38-26-29(22-24-36(38)42(35)37)30-23-25-41-39(27-30)34-18-9-10-21-40(34)48(41)31-14-5-2-6-15-31;1-7-5-3-2-4-6-7/h1-27,43H,45H2,(H2,46,47);2-6H,1H3. The minimum atomic E-state index is -0.491. The van der Waals surface area contributed by atoms with Crippen molar-refractivity contribution in [2.75, 3.05) is 0 Å². The fourth-order valence-corrected chi connectivity index (χ4v) is 7.91. The number of aryl methyl sites for hydroxylation is 1. The number of hydrogen-bond donors (Lipinski definition) is 3. The van der Waals surface area contributed by atoms with Gasteiger partial charge in [0.05, 0.1) is 11.0 Å². The third-order valence-electron chi connectivity index (χ3n) is 10.5. The Morgan fingerprint density at radius 1 is 0.491 bits per heavy atom. The van der Waals surface area contributed by atoms with Crippen LogP contribution in [-0.2, 0) is 0 Å². The van der Waals surface area contributed by atoms with Crippen LogP contribution in [0.5, 0.6) is 0 Å². The Morgan fingerprint density at radius 3 is 1.71 bits per heavy atom. The molecule has 0 aliphatic rings. The Morgan fingerprint density at radius 2 is 1.02 bits per heavy atom. The predicted octanol–water partition coefficient (Wildman–Crippen LogP) is 12.5. The Labute approximate surface area is 320 Å². The van der Waals surface area contributed by atoms with Gasteiger partial charge in [-0.05, 0) is 86.9 Å². The maximum Gasteiger partial charge on any atom is 0.127 e. The number of benzene rings is 9. The van der Waals surface area contributed by atoms with Crippen LogP contribution < -0.4 is 11.1 Å². The van der Waals surface area contributed by atoms with Crippen molar-refractivity contribution in [1.82, 2.24) is 9.88 Å². The summed E-state index contributed by atoms with van der Waals surface area (Å²) >= 11 is 0. The molecule has 0 aliphatic carbocycles. The van der Waals surface area contributed by atoms with Crippen LogP contribution in [0.3, 0.4) is 0 Å². The van der Waals surface area contributed by atoms with Crippen LogP contribution in [0, 0.1) is 12.3 Å². The fourth-order valence-electron chi connectivity index (χ4n) is 7.91. The van der Waals surface area contributed by atoms with Crippen molar-refractivity contribution in [3.63, 3.8) is 0 Å². The highest BCUT2D eigenvalue weighted by Gasteiger charge is 2.18. The second kappa shape index (κ2) is 14.4. The molecule has 55 heavy (non-hydrogen) atoms. The summed E-state index contributed by atoms with van der Waals surface area (Å²) in [5, 5.41) is 21.7. The Hall–Kier alpha value is -7.01. The third kappa shape index (κ3) is 6.29. The molecule has 1 aromatic heterocycles. The molecule has 0 saturated heterocycles. The molecule has 10 aromatic rings. The van der Waals surface area contributed by atoms with Gasteiger partial charge in [0.2, 0.25) is 0 Å². The maximum atomic E-state index is 9.17. The van der Waals surface area contributed by atoms with E-state index in [1.165, 1.54) is 43.7 Å². The number of hydrogen-bond acceptors (Lipinski definition) is 2. The van der Waals surface area contributed by atoms with Gasteiger partial charge in [0.15, 0.2) is 0 Å². The van der Waals surface area contributed by atoms with E-state index in [0.29, 0.717) is 5.84 Å². The average molecular weight is 709 g/mol. The van der Waals surface area contributed by atoms with Crippen LogP contribution in [0.4, 0.5) is 0 Å². The van der Waals surface area contributed by atoms with Crippen molar-refractivity contribution >= 4 is 60.0 Å². The van der Waals surface area contributed by atoms with E-state index in [1.54, 1.807) is 0 Å². The lowest BCUT2D eigenvalue weighted by Crippen LogP contribution is -2.34. The zero-order chi connectivity index (χ0) is 37.3. The molecule has 4 heteroatoms. The zero-order valence-electron chi connectivity index (χ0n) is 30.6. The van der Waals surface area contributed by atoms with Gasteiger partial charge in [-0.2, -0.15) is 0 Å². The Kier molecular flexibility index (Phi) is 8.87. The van der Waals surface area contributed by atoms with Crippen LogP contribution in [0.15, 0.2) is 194 Å².